The zero-order valence-electron chi connectivity index (χ0n) is 28.4. The second-order valence-electron chi connectivity index (χ2n) is 13.2. The number of benzene rings is 2. The molecule has 1 aliphatic heterocycles. The predicted molar refractivity (Wildman–Crippen MR) is 184 cm³/mol. The zero-order valence-corrected chi connectivity index (χ0v) is 28.4. The van der Waals surface area contributed by atoms with Crippen molar-refractivity contribution in [2.75, 3.05) is 40.9 Å². The van der Waals surface area contributed by atoms with Crippen molar-refractivity contribution < 1.29 is 31.8 Å². The van der Waals surface area contributed by atoms with Crippen LogP contribution in [-0.2, 0) is 9.53 Å². The van der Waals surface area contributed by atoms with Crippen LogP contribution in [0.5, 0.6) is 5.88 Å². The summed E-state index contributed by atoms with van der Waals surface area (Å²) in [6.07, 6.45) is 3.13. The van der Waals surface area contributed by atoms with Gasteiger partial charge in [-0.2, -0.15) is 17.6 Å². The Morgan fingerprint density at radius 2 is 1.80 bits per heavy atom. The largest absolute Gasteiger partial charge is 0.476 e. The lowest BCUT2D eigenvalue weighted by atomic mass is 9.88. The Hall–Kier alpha value is -4.55. The van der Waals surface area contributed by atoms with Gasteiger partial charge in [0.05, 0.1) is 22.9 Å². The van der Waals surface area contributed by atoms with E-state index < -0.39 is 24.8 Å². The van der Waals surface area contributed by atoms with Crippen LogP contribution in [0.2, 0.25) is 0 Å². The minimum atomic E-state index is -4.52. The van der Waals surface area contributed by atoms with Gasteiger partial charge in [0.15, 0.2) is 6.23 Å². The SMILES string of the molecule is CN(C)C(=O)/C=C/CN(C)C1(COc2ccc(/C(=C(/CC(F)(F)F)c3ccccc3)c3ccc4c(c3)c(F)nn4C3CCCCO3)cn2)CC1. The normalized spacial score (nSPS) is 18.0. The fourth-order valence-electron chi connectivity index (χ4n) is 6.34. The number of hydrogen-bond donors (Lipinski definition) is 0. The first-order chi connectivity index (χ1) is 23.9. The summed E-state index contributed by atoms with van der Waals surface area (Å²) >= 11 is 0. The molecule has 1 saturated carbocycles. The number of amides is 1. The molecule has 2 aromatic carbocycles. The van der Waals surface area contributed by atoms with E-state index >= 15 is 4.39 Å². The number of nitrogens with zero attached hydrogens (tertiary/aromatic N) is 5. The monoisotopic (exact) mass is 691 g/mol. The van der Waals surface area contributed by atoms with Crippen LogP contribution in [0.15, 0.2) is 79.0 Å². The van der Waals surface area contributed by atoms with Crippen LogP contribution in [-0.4, -0.2) is 83.1 Å². The van der Waals surface area contributed by atoms with Gasteiger partial charge in [0.1, 0.15) is 6.61 Å². The molecule has 2 fully saturated rings. The molecule has 1 amide bonds. The molecule has 0 bridgehead atoms. The van der Waals surface area contributed by atoms with Crippen molar-refractivity contribution in [1.82, 2.24) is 24.6 Å². The summed E-state index contributed by atoms with van der Waals surface area (Å²) < 4.78 is 71.5. The second-order valence-corrected chi connectivity index (χ2v) is 13.2. The van der Waals surface area contributed by atoms with Gasteiger partial charge in [0.2, 0.25) is 17.7 Å². The maximum Gasteiger partial charge on any atom is 0.393 e. The Bertz CT molecular complexity index is 1860. The summed E-state index contributed by atoms with van der Waals surface area (Å²) in [6.45, 7) is 1.49. The van der Waals surface area contributed by atoms with Crippen molar-refractivity contribution in [2.45, 2.75) is 56.5 Å². The highest BCUT2D eigenvalue weighted by Crippen LogP contribution is 2.42. The number of carbonyl (C=O) groups excluding carboxylic acids is 1. The molecular weight excluding hydrogens is 650 g/mol. The molecule has 264 valence electrons. The first-order valence-corrected chi connectivity index (χ1v) is 16.8. The van der Waals surface area contributed by atoms with E-state index in [1.165, 1.54) is 15.8 Å². The number of ether oxygens (including phenoxy) is 2. The molecule has 50 heavy (non-hydrogen) atoms. The molecule has 2 aromatic heterocycles. The predicted octanol–water partition coefficient (Wildman–Crippen LogP) is 7.67. The van der Waals surface area contributed by atoms with Gasteiger partial charge in [0.25, 0.3) is 0 Å². The number of hydrogen-bond acceptors (Lipinski definition) is 6. The quantitative estimate of drug-likeness (QED) is 0.0863. The highest BCUT2D eigenvalue weighted by molar-refractivity contribution is 6.00. The minimum Gasteiger partial charge on any atom is -0.476 e. The molecular formula is C38H41F4N5O3. The summed E-state index contributed by atoms with van der Waals surface area (Å²) in [5.74, 6) is -0.469. The lowest BCUT2D eigenvalue weighted by Crippen LogP contribution is -2.39. The van der Waals surface area contributed by atoms with E-state index in [9.17, 15) is 18.0 Å². The average molecular weight is 692 g/mol. The molecule has 8 nitrogen and oxygen atoms in total. The fourth-order valence-corrected chi connectivity index (χ4v) is 6.34. The molecule has 4 aromatic rings. The highest BCUT2D eigenvalue weighted by atomic mass is 19.4. The van der Waals surface area contributed by atoms with E-state index in [0.717, 1.165) is 25.7 Å². The van der Waals surface area contributed by atoms with Gasteiger partial charge in [-0.25, -0.2) is 9.67 Å². The number of fused-ring (bicyclic) bond motifs is 1. The van der Waals surface area contributed by atoms with Crippen LogP contribution in [0.25, 0.3) is 22.0 Å². The maximum absolute atomic E-state index is 15.4. The van der Waals surface area contributed by atoms with Crippen LogP contribution in [0.4, 0.5) is 17.6 Å². The van der Waals surface area contributed by atoms with Crippen LogP contribution >= 0.6 is 0 Å². The number of likely N-dealkylation sites (N-methyl/N-ethyl adjacent to an activating group) is 2. The first kappa shape index (κ1) is 35.3. The van der Waals surface area contributed by atoms with Crippen LogP contribution in [0.3, 0.4) is 0 Å². The van der Waals surface area contributed by atoms with Gasteiger partial charge < -0.3 is 14.4 Å². The number of carbonyl (C=O) groups is 1. The van der Waals surface area contributed by atoms with E-state index in [4.69, 9.17) is 9.47 Å². The van der Waals surface area contributed by atoms with Crippen LogP contribution in [0, 0.1) is 5.95 Å². The maximum atomic E-state index is 15.4. The summed E-state index contributed by atoms with van der Waals surface area (Å²) in [5, 5.41) is 4.32. The van der Waals surface area contributed by atoms with Crippen molar-refractivity contribution in [1.29, 1.82) is 0 Å². The Balaban J connectivity index is 1.32. The van der Waals surface area contributed by atoms with Gasteiger partial charge in [-0.05, 0) is 79.6 Å². The number of aromatic nitrogens is 3. The van der Waals surface area contributed by atoms with E-state index in [0.29, 0.717) is 54.3 Å². The van der Waals surface area contributed by atoms with Crippen molar-refractivity contribution in [3.8, 4) is 5.88 Å². The molecule has 1 atom stereocenters. The zero-order chi connectivity index (χ0) is 35.5. The van der Waals surface area contributed by atoms with E-state index in [2.05, 4.69) is 15.0 Å². The number of alkyl halides is 3. The molecule has 2 aliphatic rings. The van der Waals surface area contributed by atoms with E-state index in [1.807, 2.05) is 13.1 Å². The van der Waals surface area contributed by atoms with Gasteiger partial charge in [-0.15, -0.1) is 5.10 Å². The molecule has 1 unspecified atom stereocenters. The number of halogens is 4. The van der Waals surface area contributed by atoms with Crippen molar-refractivity contribution in [3.05, 3.63) is 102 Å². The first-order valence-electron chi connectivity index (χ1n) is 16.8. The number of rotatable bonds is 12. The lowest BCUT2D eigenvalue weighted by molar-refractivity contribution is -0.124. The third-order valence-corrected chi connectivity index (χ3v) is 9.41. The smallest absolute Gasteiger partial charge is 0.393 e. The van der Waals surface area contributed by atoms with Gasteiger partial charge in [-0.1, -0.05) is 42.5 Å². The summed E-state index contributed by atoms with van der Waals surface area (Å²) in [5.41, 5.74) is 1.86. The summed E-state index contributed by atoms with van der Waals surface area (Å²) in [4.78, 5) is 20.1. The molecule has 0 spiro atoms. The Morgan fingerprint density at radius 3 is 2.44 bits per heavy atom. The molecule has 3 heterocycles. The topological polar surface area (TPSA) is 72.7 Å². The summed E-state index contributed by atoms with van der Waals surface area (Å²) in [7, 11) is 5.37. The third kappa shape index (κ3) is 8.08. The van der Waals surface area contributed by atoms with Gasteiger partial charge >= 0.3 is 6.18 Å². The van der Waals surface area contributed by atoms with Gasteiger partial charge in [-0.3, -0.25) is 9.69 Å². The van der Waals surface area contributed by atoms with Crippen molar-refractivity contribution >= 4 is 28.0 Å². The molecule has 12 heteroatoms. The Kier molecular flexibility index (Phi) is 10.4. The molecule has 6 rings (SSSR count). The minimum absolute atomic E-state index is 0.0377. The molecule has 0 radical (unpaired) electrons. The van der Waals surface area contributed by atoms with E-state index in [1.54, 1.807) is 80.8 Å². The van der Waals surface area contributed by atoms with Crippen LogP contribution in [0.1, 0.15) is 61.4 Å². The standard InChI is InChI=1S/C38H41F4N5O3/c1-45(2)33(48)12-9-20-46(3)37(18-19-37)25-50-32-17-15-28(24-43-32)35(30(23-38(40,41)42)26-10-5-4-6-11-26)27-14-16-31-29(22-27)36(39)44-47(31)34-13-7-8-21-49-34/h4-6,9-12,14-17,22,24,34H,7-8,13,18-21,23,25H2,1-3H3/b12-9+,35-30-. The molecule has 1 saturated heterocycles. The highest BCUT2D eigenvalue weighted by Gasteiger charge is 2.47. The second kappa shape index (κ2) is 14.7. The van der Waals surface area contributed by atoms with Crippen molar-refractivity contribution in [2.24, 2.45) is 0 Å². The number of allylic oxidation sites excluding steroid dienone is 1. The molecule has 1 aliphatic carbocycles. The Morgan fingerprint density at radius 1 is 1.04 bits per heavy atom. The summed E-state index contributed by atoms with van der Waals surface area (Å²) in [6, 6.07) is 16.7. The number of pyridine rings is 1. The lowest BCUT2D eigenvalue weighted by Gasteiger charge is -2.26. The fraction of sp³-hybridized carbons (Fsp3) is 0.395. The Labute approximate surface area is 289 Å². The molecule has 0 N–H and O–H groups in total. The van der Waals surface area contributed by atoms with Crippen LogP contribution < -0.4 is 4.74 Å². The van der Waals surface area contributed by atoms with Crippen molar-refractivity contribution in [3.63, 3.8) is 0 Å². The third-order valence-electron chi connectivity index (χ3n) is 9.41. The van der Waals surface area contributed by atoms with Gasteiger partial charge in [0, 0.05) is 51.1 Å². The van der Waals surface area contributed by atoms with E-state index in [-0.39, 0.29) is 28.0 Å². The average Bonchev–Trinajstić information content (AvgIpc) is 3.84.